The molecule has 0 bridgehead atoms. The molecule has 0 spiro atoms. The van der Waals surface area contributed by atoms with Crippen LogP contribution < -0.4 is 5.32 Å². The monoisotopic (exact) mass is 343 g/mol. The van der Waals surface area contributed by atoms with E-state index >= 15 is 0 Å². The predicted octanol–water partition coefficient (Wildman–Crippen LogP) is 2.16. The lowest BCUT2D eigenvalue weighted by Gasteiger charge is -2.34. The number of amides is 2. The average Bonchev–Trinajstić information content (AvgIpc) is 3.25. The van der Waals surface area contributed by atoms with Crippen LogP contribution in [-0.4, -0.2) is 42.2 Å². The molecule has 4 rings (SSSR count). The highest BCUT2D eigenvalue weighted by molar-refractivity contribution is 5.74. The first-order valence-corrected chi connectivity index (χ1v) is 9.27. The van der Waals surface area contributed by atoms with E-state index in [0.29, 0.717) is 6.54 Å². The third-order valence-corrected chi connectivity index (χ3v) is 5.18. The maximum Gasteiger partial charge on any atom is 0.318 e. The number of aromatic nitrogens is 5. The summed E-state index contributed by atoms with van der Waals surface area (Å²) in [6.45, 7) is 2.13. The van der Waals surface area contributed by atoms with Crippen LogP contribution in [0.15, 0.2) is 12.4 Å². The standard InChI is InChI=1S/C17H25N7O/c25-17(23-10-5-3-6-13(23)16-18-8-9-19-16)20-12-15-22-21-14-7-2-1-4-11-24(14)15/h8-9,13H,1-7,10-12H2,(H,18,19)(H,20,25)/t13-/m0/s1. The Balaban J connectivity index is 1.42. The second kappa shape index (κ2) is 7.25. The topological polar surface area (TPSA) is 91.7 Å². The number of nitrogens with one attached hydrogen (secondary N) is 2. The van der Waals surface area contributed by atoms with E-state index in [-0.39, 0.29) is 12.1 Å². The van der Waals surface area contributed by atoms with Gasteiger partial charge in [-0.2, -0.15) is 0 Å². The van der Waals surface area contributed by atoms with Crippen LogP contribution >= 0.6 is 0 Å². The normalized spacial score (nSPS) is 20.8. The lowest BCUT2D eigenvalue weighted by Crippen LogP contribution is -2.45. The number of rotatable bonds is 3. The molecule has 8 heteroatoms. The lowest BCUT2D eigenvalue weighted by molar-refractivity contribution is 0.147. The molecular formula is C17H25N7O. The van der Waals surface area contributed by atoms with Crippen LogP contribution in [0.25, 0.3) is 0 Å². The van der Waals surface area contributed by atoms with Gasteiger partial charge in [-0.15, -0.1) is 10.2 Å². The summed E-state index contributed by atoms with van der Waals surface area (Å²) >= 11 is 0. The summed E-state index contributed by atoms with van der Waals surface area (Å²) in [6.07, 6.45) is 11.2. The van der Waals surface area contributed by atoms with Gasteiger partial charge in [0.1, 0.15) is 11.6 Å². The van der Waals surface area contributed by atoms with E-state index in [1.165, 1.54) is 12.8 Å². The number of imidazole rings is 1. The fourth-order valence-electron chi connectivity index (χ4n) is 3.85. The number of carbonyl (C=O) groups is 1. The Bertz CT molecular complexity index is 709. The summed E-state index contributed by atoms with van der Waals surface area (Å²) in [5.74, 6) is 2.77. The van der Waals surface area contributed by atoms with Crippen molar-refractivity contribution in [1.82, 2.24) is 34.9 Å². The van der Waals surface area contributed by atoms with Crippen molar-refractivity contribution in [1.29, 1.82) is 0 Å². The number of aromatic amines is 1. The van der Waals surface area contributed by atoms with Crippen LogP contribution in [0.2, 0.25) is 0 Å². The minimum absolute atomic E-state index is 0.0271. The number of aryl methyl sites for hydroxylation is 1. The van der Waals surface area contributed by atoms with Gasteiger partial charge in [0.15, 0.2) is 5.82 Å². The van der Waals surface area contributed by atoms with Gasteiger partial charge < -0.3 is 19.8 Å². The van der Waals surface area contributed by atoms with Crippen LogP contribution in [-0.2, 0) is 19.5 Å². The summed E-state index contributed by atoms with van der Waals surface area (Å²) < 4.78 is 2.17. The summed E-state index contributed by atoms with van der Waals surface area (Å²) in [4.78, 5) is 22.1. The first-order valence-electron chi connectivity index (χ1n) is 9.27. The van der Waals surface area contributed by atoms with Crippen molar-refractivity contribution in [3.05, 3.63) is 29.9 Å². The average molecular weight is 343 g/mol. The van der Waals surface area contributed by atoms with Crippen LogP contribution in [0.1, 0.15) is 62.0 Å². The predicted molar refractivity (Wildman–Crippen MR) is 91.7 cm³/mol. The number of H-pyrrole nitrogens is 1. The molecule has 4 heterocycles. The summed E-state index contributed by atoms with van der Waals surface area (Å²) in [5, 5.41) is 11.6. The summed E-state index contributed by atoms with van der Waals surface area (Å²) in [7, 11) is 0. The molecule has 0 unspecified atom stereocenters. The molecule has 8 nitrogen and oxygen atoms in total. The second-order valence-electron chi connectivity index (χ2n) is 6.83. The van der Waals surface area contributed by atoms with Crippen molar-refractivity contribution in [2.75, 3.05) is 6.54 Å². The van der Waals surface area contributed by atoms with E-state index in [4.69, 9.17) is 0 Å². The number of likely N-dealkylation sites (tertiary alicyclic amines) is 1. The molecule has 2 aliphatic rings. The molecule has 0 radical (unpaired) electrons. The van der Waals surface area contributed by atoms with Crippen molar-refractivity contribution in [2.45, 2.75) is 64.1 Å². The minimum atomic E-state index is -0.0490. The number of nitrogens with zero attached hydrogens (tertiary/aromatic N) is 5. The maximum atomic E-state index is 12.8. The number of fused-ring (bicyclic) bond motifs is 1. The summed E-state index contributed by atoms with van der Waals surface area (Å²) in [6, 6.07) is -0.0219. The van der Waals surface area contributed by atoms with Gasteiger partial charge in [0.05, 0.1) is 12.6 Å². The third-order valence-electron chi connectivity index (χ3n) is 5.18. The zero-order valence-electron chi connectivity index (χ0n) is 14.4. The van der Waals surface area contributed by atoms with Gasteiger partial charge in [0, 0.05) is 31.9 Å². The molecule has 2 aromatic rings. The Morgan fingerprint density at radius 3 is 3.00 bits per heavy atom. The Morgan fingerprint density at radius 1 is 1.20 bits per heavy atom. The van der Waals surface area contributed by atoms with E-state index in [2.05, 4.69) is 30.0 Å². The van der Waals surface area contributed by atoms with E-state index in [9.17, 15) is 4.79 Å². The first kappa shape index (κ1) is 16.1. The van der Waals surface area contributed by atoms with Gasteiger partial charge >= 0.3 is 6.03 Å². The fourth-order valence-corrected chi connectivity index (χ4v) is 3.85. The van der Waals surface area contributed by atoms with Crippen molar-refractivity contribution in [3.63, 3.8) is 0 Å². The van der Waals surface area contributed by atoms with Crippen LogP contribution in [0, 0.1) is 0 Å². The Morgan fingerprint density at radius 2 is 2.12 bits per heavy atom. The number of hydrogen-bond acceptors (Lipinski definition) is 4. The highest BCUT2D eigenvalue weighted by Crippen LogP contribution is 2.28. The quantitative estimate of drug-likeness (QED) is 0.893. The smallest absolute Gasteiger partial charge is 0.318 e. The molecule has 2 N–H and O–H groups in total. The molecule has 25 heavy (non-hydrogen) atoms. The molecule has 1 saturated heterocycles. The fraction of sp³-hybridized carbons (Fsp3) is 0.647. The van der Waals surface area contributed by atoms with E-state index in [1.807, 2.05) is 11.1 Å². The Kier molecular flexibility index (Phi) is 4.67. The molecule has 0 aromatic carbocycles. The van der Waals surface area contributed by atoms with Crippen molar-refractivity contribution >= 4 is 6.03 Å². The van der Waals surface area contributed by atoms with Gasteiger partial charge in [-0.3, -0.25) is 0 Å². The third kappa shape index (κ3) is 3.38. The van der Waals surface area contributed by atoms with Crippen LogP contribution in [0.5, 0.6) is 0 Å². The largest absolute Gasteiger partial charge is 0.347 e. The highest BCUT2D eigenvalue weighted by atomic mass is 16.2. The van der Waals surface area contributed by atoms with E-state index < -0.39 is 0 Å². The van der Waals surface area contributed by atoms with Crippen molar-refractivity contribution in [3.8, 4) is 0 Å². The minimum Gasteiger partial charge on any atom is -0.347 e. The molecular weight excluding hydrogens is 318 g/mol. The van der Waals surface area contributed by atoms with Gasteiger partial charge in [-0.25, -0.2) is 9.78 Å². The molecule has 0 aliphatic carbocycles. The van der Waals surface area contributed by atoms with Crippen molar-refractivity contribution < 1.29 is 4.79 Å². The van der Waals surface area contributed by atoms with Gasteiger partial charge in [0.2, 0.25) is 0 Å². The zero-order chi connectivity index (χ0) is 17.1. The SMILES string of the molecule is O=C(NCc1nnc2n1CCCCC2)N1CCCC[C@H]1c1ncc[nH]1. The molecule has 2 aliphatic heterocycles. The molecule has 1 fully saturated rings. The van der Waals surface area contributed by atoms with Gasteiger partial charge in [-0.05, 0) is 32.1 Å². The Hall–Kier alpha value is -2.38. The second-order valence-corrected chi connectivity index (χ2v) is 6.83. The molecule has 2 aromatic heterocycles. The van der Waals surface area contributed by atoms with Gasteiger partial charge in [0.25, 0.3) is 0 Å². The van der Waals surface area contributed by atoms with Crippen molar-refractivity contribution in [2.24, 2.45) is 0 Å². The summed E-state index contributed by atoms with van der Waals surface area (Å²) in [5.41, 5.74) is 0. The molecule has 1 atom stereocenters. The number of carbonyl (C=O) groups excluding carboxylic acids is 1. The number of hydrogen-bond donors (Lipinski definition) is 2. The highest BCUT2D eigenvalue weighted by Gasteiger charge is 2.29. The van der Waals surface area contributed by atoms with Crippen LogP contribution in [0.4, 0.5) is 4.79 Å². The van der Waals surface area contributed by atoms with Crippen LogP contribution in [0.3, 0.4) is 0 Å². The van der Waals surface area contributed by atoms with E-state index in [0.717, 1.165) is 62.7 Å². The molecule has 0 saturated carbocycles. The van der Waals surface area contributed by atoms with E-state index in [1.54, 1.807) is 6.20 Å². The molecule has 134 valence electrons. The first-order chi connectivity index (χ1) is 12.3. The maximum absolute atomic E-state index is 12.8. The van der Waals surface area contributed by atoms with Gasteiger partial charge in [-0.1, -0.05) is 6.42 Å². The Labute approximate surface area is 147 Å². The zero-order valence-corrected chi connectivity index (χ0v) is 14.4. The lowest BCUT2D eigenvalue weighted by atomic mass is 10.0. The number of urea groups is 1. The molecule has 2 amide bonds. The number of piperidine rings is 1.